The van der Waals surface area contributed by atoms with Crippen molar-refractivity contribution in [3.63, 3.8) is 0 Å². The van der Waals surface area contributed by atoms with Gasteiger partial charge in [-0.15, -0.1) is 5.06 Å². The van der Waals surface area contributed by atoms with Gasteiger partial charge in [0.2, 0.25) is 0 Å². The van der Waals surface area contributed by atoms with Crippen LogP contribution in [0.25, 0.3) is 0 Å². The lowest BCUT2D eigenvalue weighted by Crippen LogP contribution is -2.48. The molecule has 0 saturated carbocycles. The molecule has 0 aromatic rings. The Kier molecular flexibility index (Phi) is 7.05. The van der Waals surface area contributed by atoms with E-state index < -0.39 is 36.9 Å². The molecule has 0 fully saturated rings. The average Bonchev–Trinajstić information content (AvgIpc) is 2.33. The Morgan fingerprint density at radius 3 is 2.09 bits per heavy atom. The third-order valence-corrected chi connectivity index (χ3v) is 3.62. The predicted molar refractivity (Wildman–Crippen MR) is 76.4 cm³/mol. The number of ether oxygens (including phenoxy) is 1. The highest BCUT2D eigenvalue weighted by Crippen LogP contribution is 2.36. The first-order chi connectivity index (χ1) is 9.79. The molecule has 2 atom stereocenters. The maximum atomic E-state index is 11.9. The van der Waals surface area contributed by atoms with Crippen LogP contribution >= 0.6 is 7.37 Å². The molecule has 2 unspecified atom stereocenters. The van der Waals surface area contributed by atoms with E-state index in [0.29, 0.717) is 0 Å². The van der Waals surface area contributed by atoms with Gasteiger partial charge < -0.3 is 19.6 Å². The Labute approximate surface area is 128 Å². The smallest absolute Gasteiger partial charge is 0.443 e. The van der Waals surface area contributed by atoms with Gasteiger partial charge in [0.25, 0.3) is 0 Å². The molecule has 0 rings (SSSR count). The number of carboxylic acid groups (broad SMARTS) is 1. The largest absolute Gasteiger partial charge is 0.480 e. The van der Waals surface area contributed by atoms with E-state index in [1.165, 1.54) is 20.8 Å². The van der Waals surface area contributed by atoms with E-state index in [0.717, 1.165) is 13.8 Å². The van der Waals surface area contributed by atoms with Crippen LogP contribution in [-0.2, 0) is 23.7 Å². The van der Waals surface area contributed by atoms with E-state index >= 15 is 0 Å². The zero-order valence-corrected chi connectivity index (χ0v) is 14.1. The molecule has 0 bridgehead atoms. The monoisotopic (exact) mass is 339 g/mol. The van der Waals surface area contributed by atoms with E-state index in [-0.39, 0.29) is 17.6 Å². The lowest BCUT2D eigenvalue weighted by atomic mass is 9.98. The summed E-state index contributed by atoms with van der Waals surface area (Å²) in [5.74, 6) is -2.33. The SMILES string of the molecule is COC(=O)N(OC(=O)C(C)(C)C)C(CCP(C)(=O)O)C(=O)O. The number of hydroxylamine groups is 2. The van der Waals surface area contributed by atoms with Gasteiger partial charge in [0.1, 0.15) is 0 Å². The molecule has 10 heteroatoms. The van der Waals surface area contributed by atoms with Crippen LogP contribution in [0.2, 0.25) is 0 Å². The number of carbonyl (C=O) groups excluding carboxylic acids is 2. The number of carbonyl (C=O) groups is 3. The molecule has 0 aliphatic carbocycles. The summed E-state index contributed by atoms with van der Waals surface area (Å²) in [6, 6.07) is -1.63. The molecule has 0 aromatic carbocycles. The number of carboxylic acids is 1. The predicted octanol–water partition coefficient (Wildman–Crippen LogP) is 1.30. The minimum absolute atomic E-state index is 0.283. The van der Waals surface area contributed by atoms with Gasteiger partial charge in [0, 0.05) is 12.8 Å². The van der Waals surface area contributed by atoms with Crippen LogP contribution in [0.5, 0.6) is 0 Å². The summed E-state index contributed by atoms with van der Waals surface area (Å²) in [5.41, 5.74) is -0.980. The van der Waals surface area contributed by atoms with Crippen LogP contribution in [-0.4, -0.2) is 59.1 Å². The molecule has 0 radical (unpaired) electrons. The normalized spacial score (nSPS) is 15.4. The number of methoxy groups -OCH3 is 1. The summed E-state index contributed by atoms with van der Waals surface area (Å²) in [7, 11) is -2.49. The standard InChI is InChI=1S/C12H22NO8P/c1-12(2,3)10(16)21-13(11(17)20-4)8(9(14)15)6-7-22(5,18)19/h8H,6-7H2,1-5H3,(H,14,15)(H,18,19). The highest BCUT2D eigenvalue weighted by molar-refractivity contribution is 7.57. The number of amides is 1. The molecule has 2 N–H and O–H groups in total. The van der Waals surface area contributed by atoms with Crippen LogP contribution in [0.15, 0.2) is 0 Å². The summed E-state index contributed by atoms with van der Waals surface area (Å²) in [4.78, 5) is 48.9. The average molecular weight is 339 g/mol. The van der Waals surface area contributed by atoms with Crippen molar-refractivity contribution >= 4 is 25.4 Å². The third kappa shape index (κ3) is 6.91. The second-order valence-corrected chi connectivity index (χ2v) is 8.39. The Balaban J connectivity index is 5.33. The summed E-state index contributed by atoms with van der Waals surface area (Å²) >= 11 is 0. The van der Waals surface area contributed by atoms with Crippen molar-refractivity contribution in [3.8, 4) is 0 Å². The Hall–Kier alpha value is -1.60. The first-order valence-electron chi connectivity index (χ1n) is 6.41. The van der Waals surface area contributed by atoms with Gasteiger partial charge in [-0.25, -0.2) is 14.4 Å². The Bertz CT molecular complexity index is 478. The van der Waals surface area contributed by atoms with Gasteiger partial charge in [-0.3, -0.25) is 4.57 Å². The van der Waals surface area contributed by atoms with E-state index in [1.54, 1.807) is 0 Å². The minimum atomic E-state index is -3.49. The first kappa shape index (κ1) is 20.4. The molecule has 0 aromatic heterocycles. The zero-order chi connectivity index (χ0) is 17.7. The summed E-state index contributed by atoms with van der Waals surface area (Å²) in [6.45, 7) is 5.63. The van der Waals surface area contributed by atoms with Crippen molar-refractivity contribution in [2.75, 3.05) is 19.9 Å². The quantitative estimate of drug-likeness (QED) is 0.566. The summed E-state index contributed by atoms with van der Waals surface area (Å²) in [6.07, 6.45) is -1.91. The maximum Gasteiger partial charge on any atom is 0.443 e. The fourth-order valence-corrected chi connectivity index (χ4v) is 1.97. The first-order valence-corrected chi connectivity index (χ1v) is 8.70. The van der Waals surface area contributed by atoms with Crippen LogP contribution in [0.1, 0.15) is 27.2 Å². The minimum Gasteiger partial charge on any atom is -0.480 e. The van der Waals surface area contributed by atoms with E-state index in [4.69, 9.17) is 4.84 Å². The molecule has 0 saturated heterocycles. The van der Waals surface area contributed by atoms with Crippen molar-refractivity contribution < 1.29 is 38.5 Å². The molecule has 22 heavy (non-hydrogen) atoms. The molecule has 128 valence electrons. The molecular weight excluding hydrogens is 317 g/mol. The summed E-state index contributed by atoms with van der Waals surface area (Å²) < 4.78 is 15.7. The van der Waals surface area contributed by atoms with E-state index in [2.05, 4.69) is 4.74 Å². The topological polar surface area (TPSA) is 130 Å². The molecule has 0 spiro atoms. The second-order valence-electron chi connectivity index (χ2n) is 5.84. The van der Waals surface area contributed by atoms with Crippen LogP contribution < -0.4 is 0 Å². The third-order valence-electron chi connectivity index (χ3n) is 2.53. The Morgan fingerprint density at radius 1 is 1.27 bits per heavy atom. The van der Waals surface area contributed by atoms with E-state index in [9.17, 15) is 28.9 Å². The number of aliphatic carboxylic acids is 1. The van der Waals surface area contributed by atoms with Gasteiger partial charge in [-0.1, -0.05) is 0 Å². The van der Waals surface area contributed by atoms with Crippen molar-refractivity contribution in [1.82, 2.24) is 5.06 Å². The van der Waals surface area contributed by atoms with Crippen molar-refractivity contribution in [2.24, 2.45) is 5.41 Å². The Morgan fingerprint density at radius 2 is 1.77 bits per heavy atom. The number of hydrogen-bond donors (Lipinski definition) is 2. The van der Waals surface area contributed by atoms with Gasteiger partial charge in [0.15, 0.2) is 13.4 Å². The van der Waals surface area contributed by atoms with Crippen LogP contribution in [0, 0.1) is 5.41 Å². The van der Waals surface area contributed by atoms with Gasteiger partial charge in [0.05, 0.1) is 12.5 Å². The van der Waals surface area contributed by atoms with Crippen molar-refractivity contribution in [1.29, 1.82) is 0 Å². The number of rotatable bonds is 5. The second kappa shape index (κ2) is 7.60. The van der Waals surface area contributed by atoms with Crippen molar-refractivity contribution in [3.05, 3.63) is 0 Å². The van der Waals surface area contributed by atoms with Gasteiger partial charge in [-0.05, 0) is 27.2 Å². The molecule has 1 amide bonds. The molecular formula is C12H22NO8P. The lowest BCUT2D eigenvalue weighted by Gasteiger charge is -2.28. The zero-order valence-electron chi connectivity index (χ0n) is 13.2. The van der Waals surface area contributed by atoms with Crippen LogP contribution in [0.4, 0.5) is 4.79 Å². The van der Waals surface area contributed by atoms with Crippen LogP contribution in [0.3, 0.4) is 0 Å². The fraction of sp³-hybridized carbons (Fsp3) is 0.750. The maximum absolute atomic E-state index is 11.9. The lowest BCUT2D eigenvalue weighted by molar-refractivity contribution is -0.203. The molecule has 0 aliphatic heterocycles. The molecule has 0 aliphatic rings. The highest BCUT2D eigenvalue weighted by Gasteiger charge is 2.37. The molecule has 0 heterocycles. The number of hydrogen-bond acceptors (Lipinski definition) is 6. The number of nitrogens with zero attached hydrogens (tertiary/aromatic N) is 1. The fourth-order valence-electron chi connectivity index (χ4n) is 1.25. The van der Waals surface area contributed by atoms with Gasteiger partial charge in [-0.2, -0.15) is 0 Å². The van der Waals surface area contributed by atoms with Gasteiger partial charge >= 0.3 is 18.0 Å². The molecule has 9 nitrogen and oxygen atoms in total. The van der Waals surface area contributed by atoms with Crippen molar-refractivity contribution in [2.45, 2.75) is 33.2 Å². The van der Waals surface area contributed by atoms with E-state index in [1.807, 2.05) is 0 Å². The summed E-state index contributed by atoms with van der Waals surface area (Å²) in [5, 5.41) is 9.47. The highest BCUT2D eigenvalue weighted by atomic mass is 31.2.